The molecule has 0 aromatic heterocycles. The van der Waals surface area contributed by atoms with Gasteiger partial charge in [-0.25, -0.2) is 0 Å². The van der Waals surface area contributed by atoms with Crippen molar-refractivity contribution in [2.45, 2.75) is 44.8 Å². The molecule has 0 unspecified atom stereocenters. The highest BCUT2D eigenvalue weighted by Gasteiger charge is 2.27. The summed E-state index contributed by atoms with van der Waals surface area (Å²) in [7, 11) is 0. The topological polar surface area (TPSA) is 12.0 Å². The maximum atomic E-state index is 12.5. The quantitative estimate of drug-likeness (QED) is 0.462. The van der Waals surface area contributed by atoms with Gasteiger partial charge >= 0.3 is 6.18 Å². The lowest BCUT2D eigenvalue weighted by Gasteiger charge is -2.15. The van der Waals surface area contributed by atoms with Gasteiger partial charge in [0.2, 0.25) is 0 Å². The molecular weight excluding hydrogens is 359 g/mol. The van der Waals surface area contributed by atoms with Gasteiger partial charge in [0, 0.05) is 6.04 Å². The van der Waals surface area contributed by atoms with E-state index in [1.807, 2.05) is 6.07 Å². The fourth-order valence-electron chi connectivity index (χ4n) is 3.64. The highest BCUT2D eigenvalue weighted by atomic mass is 19.4. The first-order chi connectivity index (χ1) is 13.4. The van der Waals surface area contributed by atoms with Crippen LogP contribution in [-0.2, 0) is 19.3 Å². The zero-order valence-electron chi connectivity index (χ0n) is 16.1. The summed E-state index contributed by atoms with van der Waals surface area (Å²) in [6.45, 7) is 3.02. The predicted molar refractivity (Wildman–Crippen MR) is 110 cm³/mol. The van der Waals surface area contributed by atoms with E-state index in [2.05, 4.69) is 54.7 Å². The van der Waals surface area contributed by atoms with Crippen LogP contribution in [0.15, 0.2) is 66.7 Å². The Morgan fingerprint density at radius 1 is 0.893 bits per heavy atom. The van der Waals surface area contributed by atoms with Crippen molar-refractivity contribution in [3.63, 3.8) is 0 Å². The summed E-state index contributed by atoms with van der Waals surface area (Å²) in [4.78, 5) is 0. The fourth-order valence-corrected chi connectivity index (χ4v) is 3.64. The standard InChI is InChI=1S/C24H26F3N/c1-18(15-22-12-5-11-21-10-2-3-13-23(21)22)28-14-6-9-19-7-4-8-20(16-19)17-24(25,26)27/h2-5,7-8,10-13,16,18,28H,6,9,14-15,17H2,1H3/t18-/m0/s1. The molecule has 0 amide bonds. The molecule has 1 atom stereocenters. The van der Waals surface area contributed by atoms with E-state index in [0.29, 0.717) is 11.6 Å². The maximum Gasteiger partial charge on any atom is 0.393 e. The van der Waals surface area contributed by atoms with Crippen LogP contribution in [0.25, 0.3) is 10.8 Å². The smallest absolute Gasteiger partial charge is 0.314 e. The van der Waals surface area contributed by atoms with Gasteiger partial charge in [-0.05, 0) is 60.2 Å². The Hall–Kier alpha value is -2.33. The molecule has 0 aliphatic carbocycles. The number of benzene rings is 3. The molecule has 4 heteroatoms. The van der Waals surface area contributed by atoms with E-state index in [9.17, 15) is 13.2 Å². The van der Waals surface area contributed by atoms with E-state index < -0.39 is 12.6 Å². The molecule has 1 N–H and O–H groups in total. The van der Waals surface area contributed by atoms with E-state index in [-0.39, 0.29) is 0 Å². The van der Waals surface area contributed by atoms with Crippen LogP contribution in [0.5, 0.6) is 0 Å². The SMILES string of the molecule is C[C@@H](Cc1cccc2ccccc12)NCCCc1cccc(CC(F)(F)F)c1. The minimum absolute atomic E-state index is 0.335. The molecule has 0 bridgehead atoms. The third kappa shape index (κ3) is 6.10. The lowest BCUT2D eigenvalue weighted by molar-refractivity contribution is -0.127. The van der Waals surface area contributed by atoms with E-state index in [1.54, 1.807) is 18.2 Å². The molecule has 0 saturated carbocycles. The highest BCUT2D eigenvalue weighted by molar-refractivity contribution is 5.85. The minimum atomic E-state index is -4.16. The average Bonchev–Trinajstić information content (AvgIpc) is 2.64. The number of alkyl halides is 3. The van der Waals surface area contributed by atoms with Crippen LogP contribution in [0.1, 0.15) is 30.0 Å². The van der Waals surface area contributed by atoms with Gasteiger partial charge in [0.25, 0.3) is 0 Å². The Kier molecular flexibility index (Phi) is 6.74. The van der Waals surface area contributed by atoms with Crippen molar-refractivity contribution >= 4 is 10.8 Å². The molecular formula is C24H26F3N. The van der Waals surface area contributed by atoms with Gasteiger partial charge in [-0.3, -0.25) is 0 Å². The summed E-state index contributed by atoms with van der Waals surface area (Å²) in [6, 6.07) is 22.0. The summed E-state index contributed by atoms with van der Waals surface area (Å²) in [5.41, 5.74) is 2.63. The Morgan fingerprint density at radius 2 is 1.61 bits per heavy atom. The molecule has 0 heterocycles. The molecule has 0 aliphatic rings. The molecule has 0 radical (unpaired) electrons. The summed E-state index contributed by atoms with van der Waals surface area (Å²) < 4.78 is 37.6. The van der Waals surface area contributed by atoms with Crippen molar-refractivity contribution < 1.29 is 13.2 Å². The van der Waals surface area contributed by atoms with Crippen LogP contribution < -0.4 is 5.32 Å². The van der Waals surface area contributed by atoms with Crippen molar-refractivity contribution in [1.29, 1.82) is 0 Å². The average molecular weight is 385 g/mol. The molecule has 0 aliphatic heterocycles. The summed E-state index contributed by atoms with van der Waals surface area (Å²) >= 11 is 0. The Labute approximate surface area is 164 Å². The van der Waals surface area contributed by atoms with Crippen LogP contribution in [0.2, 0.25) is 0 Å². The fraction of sp³-hybridized carbons (Fsp3) is 0.333. The highest BCUT2D eigenvalue weighted by Crippen LogP contribution is 2.22. The zero-order valence-corrected chi connectivity index (χ0v) is 16.1. The zero-order chi connectivity index (χ0) is 20.0. The molecule has 0 fully saturated rings. The first-order valence-electron chi connectivity index (χ1n) is 9.75. The molecule has 1 nitrogen and oxygen atoms in total. The molecule has 0 saturated heterocycles. The number of halogens is 3. The third-order valence-corrected chi connectivity index (χ3v) is 4.94. The van der Waals surface area contributed by atoms with E-state index in [1.165, 1.54) is 16.3 Å². The van der Waals surface area contributed by atoms with Gasteiger partial charge in [-0.15, -0.1) is 0 Å². The number of rotatable bonds is 8. The van der Waals surface area contributed by atoms with Crippen molar-refractivity contribution in [1.82, 2.24) is 5.32 Å². The molecule has 148 valence electrons. The molecule has 28 heavy (non-hydrogen) atoms. The van der Waals surface area contributed by atoms with Gasteiger partial charge < -0.3 is 5.32 Å². The molecule has 3 aromatic rings. The maximum absolute atomic E-state index is 12.5. The van der Waals surface area contributed by atoms with Gasteiger partial charge in [0.15, 0.2) is 0 Å². The summed E-state index contributed by atoms with van der Waals surface area (Å²) in [6.07, 6.45) is -2.39. The van der Waals surface area contributed by atoms with Crippen molar-refractivity contribution in [2.75, 3.05) is 6.54 Å². The second-order valence-electron chi connectivity index (χ2n) is 7.41. The number of aryl methyl sites for hydroxylation is 1. The molecule has 3 rings (SSSR count). The van der Waals surface area contributed by atoms with Crippen LogP contribution in [0, 0.1) is 0 Å². The predicted octanol–water partition coefficient (Wildman–Crippen LogP) is 6.10. The van der Waals surface area contributed by atoms with Crippen LogP contribution in [0.3, 0.4) is 0 Å². The Bertz CT molecular complexity index is 896. The van der Waals surface area contributed by atoms with Crippen LogP contribution in [0.4, 0.5) is 13.2 Å². The van der Waals surface area contributed by atoms with E-state index in [0.717, 1.165) is 31.4 Å². The number of hydrogen-bond donors (Lipinski definition) is 1. The summed E-state index contributed by atoms with van der Waals surface area (Å²) in [5.74, 6) is 0. The number of hydrogen-bond acceptors (Lipinski definition) is 1. The number of fused-ring (bicyclic) bond motifs is 1. The van der Waals surface area contributed by atoms with E-state index in [4.69, 9.17) is 0 Å². The Balaban J connectivity index is 1.47. The monoisotopic (exact) mass is 385 g/mol. The lowest BCUT2D eigenvalue weighted by Crippen LogP contribution is -2.29. The lowest BCUT2D eigenvalue weighted by atomic mass is 9.99. The summed E-state index contributed by atoms with van der Waals surface area (Å²) in [5, 5.41) is 6.09. The molecule has 3 aromatic carbocycles. The van der Waals surface area contributed by atoms with Gasteiger partial charge in [-0.2, -0.15) is 13.2 Å². The minimum Gasteiger partial charge on any atom is -0.314 e. The van der Waals surface area contributed by atoms with Crippen molar-refractivity contribution in [2.24, 2.45) is 0 Å². The second-order valence-corrected chi connectivity index (χ2v) is 7.41. The van der Waals surface area contributed by atoms with E-state index >= 15 is 0 Å². The molecule has 0 spiro atoms. The van der Waals surface area contributed by atoms with Crippen molar-refractivity contribution in [3.8, 4) is 0 Å². The first kappa shape index (κ1) is 20.4. The second kappa shape index (κ2) is 9.24. The van der Waals surface area contributed by atoms with Gasteiger partial charge in [-0.1, -0.05) is 66.7 Å². The first-order valence-corrected chi connectivity index (χ1v) is 9.75. The van der Waals surface area contributed by atoms with Crippen molar-refractivity contribution in [3.05, 3.63) is 83.4 Å². The largest absolute Gasteiger partial charge is 0.393 e. The normalized spacial score (nSPS) is 13.0. The number of nitrogens with one attached hydrogen (secondary N) is 1. The van der Waals surface area contributed by atoms with Gasteiger partial charge in [0.05, 0.1) is 6.42 Å². The van der Waals surface area contributed by atoms with Crippen LogP contribution in [-0.4, -0.2) is 18.8 Å². The van der Waals surface area contributed by atoms with Gasteiger partial charge in [0.1, 0.15) is 0 Å². The third-order valence-electron chi connectivity index (χ3n) is 4.94. The Morgan fingerprint density at radius 3 is 2.43 bits per heavy atom. The van der Waals surface area contributed by atoms with Crippen LogP contribution >= 0.6 is 0 Å².